The molecule has 1 saturated heterocycles. The summed E-state index contributed by atoms with van der Waals surface area (Å²) in [6, 6.07) is 8.60. The number of nitrogens with zero attached hydrogens (tertiary/aromatic N) is 2. The molecule has 0 atom stereocenters. The van der Waals surface area contributed by atoms with Crippen molar-refractivity contribution < 1.29 is 9.59 Å². The third kappa shape index (κ3) is 4.33. The van der Waals surface area contributed by atoms with Crippen molar-refractivity contribution in [2.75, 3.05) is 31.6 Å². The van der Waals surface area contributed by atoms with Crippen LogP contribution in [0.5, 0.6) is 0 Å². The number of anilines is 1. The third-order valence-electron chi connectivity index (χ3n) is 8.42. The van der Waals surface area contributed by atoms with Gasteiger partial charge in [-0.15, -0.1) is 0 Å². The van der Waals surface area contributed by atoms with E-state index in [0.29, 0.717) is 6.54 Å². The third-order valence-corrected chi connectivity index (χ3v) is 8.42. The molecule has 1 N–H and O–H groups in total. The quantitative estimate of drug-likeness (QED) is 0.753. The van der Waals surface area contributed by atoms with Crippen LogP contribution in [-0.4, -0.2) is 43.4 Å². The molecule has 0 radical (unpaired) electrons. The molecular formula is C26H37N3O2. The summed E-state index contributed by atoms with van der Waals surface area (Å²) in [4.78, 5) is 30.0. The van der Waals surface area contributed by atoms with Crippen molar-refractivity contribution in [3.8, 4) is 0 Å². The van der Waals surface area contributed by atoms with Gasteiger partial charge in [-0.2, -0.15) is 0 Å². The molecule has 5 fully saturated rings. The van der Waals surface area contributed by atoms with Crippen molar-refractivity contribution in [3.05, 3.63) is 29.8 Å². The van der Waals surface area contributed by atoms with E-state index in [0.717, 1.165) is 55.7 Å². The molecule has 31 heavy (non-hydrogen) atoms. The highest BCUT2D eigenvalue weighted by Gasteiger charge is 2.54. The van der Waals surface area contributed by atoms with Crippen LogP contribution in [0.4, 0.5) is 5.69 Å². The van der Waals surface area contributed by atoms with Gasteiger partial charge in [0.1, 0.15) is 0 Å². The number of carbonyl (C=O) groups is 2. The van der Waals surface area contributed by atoms with Crippen LogP contribution in [0.25, 0.3) is 0 Å². The molecule has 0 spiro atoms. The summed E-state index contributed by atoms with van der Waals surface area (Å²) in [5.74, 6) is 2.34. The lowest BCUT2D eigenvalue weighted by Gasteiger charge is -2.55. The number of rotatable bonds is 6. The maximum atomic E-state index is 13.1. The van der Waals surface area contributed by atoms with Crippen molar-refractivity contribution in [2.24, 2.45) is 23.2 Å². The molecule has 1 aromatic carbocycles. The van der Waals surface area contributed by atoms with Crippen molar-refractivity contribution in [2.45, 2.75) is 64.3 Å². The lowest BCUT2D eigenvalue weighted by molar-refractivity contribution is -0.147. The van der Waals surface area contributed by atoms with Crippen LogP contribution in [-0.2, 0) is 16.1 Å². The summed E-state index contributed by atoms with van der Waals surface area (Å²) in [6.45, 7) is 2.97. The normalized spacial score (nSPS) is 31.5. The summed E-state index contributed by atoms with van der Waals surface area (Å²) < 4.78 is 0. The van der Waals surface area contributed by atoms with Crippen molar-refractivity contribution >= 4 is 17.5 Å². The Labute approximate surface area is 186 Å². The maximum absolute atomic E-state index is 13.1. The van der Waals surface area contributed by atoms with Gasteiger partial charge in [-0.25, -0.2) is 0 Å². The van der Waals surface area contributed by atoms with Crippen LogP contribution < -0.4 is 10.2 Å². The molecule has 4 bridgehead atoms. The van der Waals surface area contributed by atoms with E-state index < -0.39 is 0 Å². The number of likely N-dealkylation sites (N-methyl/N-ethyl adjacent to an activating group) is 1. The SMILES string of the molecule is CN(Cc1ccc(N2CCCCC2)cc1)C(=O)CNC(=O)C12CC3CC(CC(C3)C1)C2. The Morgan fingerprint density at radius 1 is 0.968 bits per heavy atom. The predicted molar refractivity (Wildman–Crippen MR) is 123 cm³/mol. The van der Waals surface area contributed by atoms with Gasteiger partial charge in [-0.1, -0.05) is 12.1 Å². The highest BCUT2D eigenvalue weighted by Crippen LogP contribution is 2.60. The van der Waals surface area contributed by atoms with Gasteiger partial charge in [-0.05, 0) is 93.2 Å². The molecule has 5 nitrogen and oxygen atoms in total. The zero-order valence-electron chi connectivity index (χ0n) is 18.9. The summed E-state index contributed by atoms with van der Waals surface area (Å²) >= 11 is 0. The minimum Gasteiger partial charge on any atom is -0.372 e. The number of hydrogen-bond donors (Lipinski definition) is 1. The van der Waals surface area contributed by atoms with E-state index in [1.807, 2.05) is 7.05 Å². The standard InChI is InChI=1S/C26H37N3O2/c1-28(18-19-5-7-23(8-6-19)29-9-3-2-4-10-29)24(30)17-27-25(31)26-14-20-11-21(15-26)13-22(12-20)16-26/h5-8,20-22H,2-4,9-18H2,1H3,(H,27,31). The van der Waals surface area contributed by atoms with E-state index in [1.54, 1.807) is 4.90 Å². The summed E-state index contributed by atoms with van der Waals surface area (Å²) in [7, 11) is 1.83. The van der Waals surface area contributed by atoms with E-state index in [2.05, 4.69) is 34.5 Å². The molecule has 4 aliphatic carbocycles. The summed E-state index contributed by atoms with van der Waals surface area (Å²) in [5.41, 5.74) is 2.22. The second kappa shape index (κ2) is 8.48. The molecule has 168 valence electrons. The molecule has 5 heteroatoms. The molecule has 1 heterocycles. The zero-order chi connectivity index (χ0) is 21.4. The highest BCUT2D eigenvalue weighted by molar-refractivity contribution is 5.88. The average Bonchev–Trinajstić information content (AvgIpc) is 2.77. The Bertz CT molecular complexity index is 777. The number of benzene rings is 1. The topological polar surface area (TPSA) is 52.6 Å². The lowest BCUT2D eigenvalue weighted by atomic mass is 9.49. The fourth-order valence-electron chi connectivity index (χ4n) is 7.19. The van der Waals surface area contributed by atoms with Gasteiger partial charge in [0.2, 0.25) is 11.8 Å². The van der Waals surface area contributed by atoms with E-state index in [4.69, 9.17) is 0 Å². The van der Waals surface area contributed by atoms with Crippen molar-refractivity contribution in [1.82, 2.24) is 10.2 Å². The summed E-state index contributed by atoms with van der Waals surface area (Å²) in [6.07, 6.45) is 11.0. The smallest absolute Gasteiger partial charge is 0.242 e. The van der Waals surface area contributed by atoms with E-state index in [9.17, 15) is 9.59 Å². The number of hydrogen-bond acceptors (Lipinski definition) is 3. The van der Waals surface area contributed by atoms with Crippen LogP contribution in [0.15, 0.2) is 24.3 Å². The molecule has 2 amide bonds. The molecule has 1 aromatic rings. The number of amides is 2. The number of nitrogens with one attached hydrogen (secondary N) is 1. The average molecular weight is 424 g/mol. The molecule has 6 rings (SSSR count). The van der Waals surface area contributed by atoms with Gasteiger partial charge in [0.15, 0.2) is 0 Å². The van der Waals surface area contributed by atoms with E-state index in [1.165, 1.54) is 44.2 Å². The van der Waals surface area contributed by atoms with Gasteiger partial charge in [0, 0.05) is 37.8 Å². The van der Waals surface area contributed by atoms with Crippen LogP contribution in [0.1, 0.15) is 63.4 Å². The molecule has 0 aromatic heterocycles. The van der Waals surface area contributed by atoms with Crippen LogP contribution in [0, 0.1) is 23.2 Å². The van der Waals surface area contributed by atoms with Gasteiger partial charge >= 0.3 is 0 Å². The van der Waals surface area contributed by atoms with Gasteiger partial charge < -0.3 is 15.1 Å². The zero-order valence-corrected chi connectivity index (χ0v) is 18.9. The molecule has 1 aliphatic heterocycles. The Morgan fingerprint density at radius 2 is 1.55 bits per heavy atom. The highest BCUT2D eigenvalue weighted by atomic mass is 16.2. The number of piperidine rings is 1. The van der Waals surface area contributed by atoms with Crippen LogP contribution in [0.3, 0.4) is 0 Å². The fourth-order valence-corrected chi connectivity index (χ4v) is 7.19. The first kappa shape index (κ1) is 20.8. The fraction of sp³-hybridized carbons (Fsp3) is 0.692. The molecule has 4 saturated carbocycles. The minimum absolute atomic E-state index is 0.0156. The van der Waals surface area contributed by atoms with Gasteiger partial charge in [0.05, 0.1) is 6.54 Å². The first-order chi connectivity index (χ1) is 15.0. The number of carbonyl (C=O) groups excluding carboxylic acids is 2. The molecule has 5 aliphatic rings. The molecule has 0 unspecified atom stereocenters. The largest absolute Gasteiger partial charge is 0.372 e. The Morgan fingerprint density at radius 3 is 2.13 bits per heavy atom. The Hall–Kier alpha value is -2.04. The van der Waals surface area contributed by atoms with Crippen LogP contribution >= 0.6 is 0 Å². The van der Waals surface area contributed by atoms with E-state index >= 15 is 0 Å². The second-order valence-corrected chi connectivity index (χ2v) is 10.8. The maximum Gasteiger partial charge on any atom is 0.242 e. The Balaban J connectivity index is 1.12. The van der Waals surface area contributed by atoms with Gasteiger partial charge in [-0.3, -0.25) is 9.59 Å². The minimum atomic E-state index is -0.183. The second-order valence-electron chi connectivity index (χ2n) is 10.8. The van der Waals surface area contributed by atoms with Crippen LogP contribution in [0.2, 0.25) is 0 Å². The van der Waals surface area contributed by atoms with E-state index in [-0.39, 0.29) is 23.8 Å². The van der Waals surface area contributed by atoms with Gasteiger partial charge in [0.25, 0.3) is 0 Å². The Kier molecular flexibility index (Phi) is 5.70. The first-order valence-corrected chi connectivity index (χ1v) is 12.4. The van der Waals surface area contributed by atoms with Crippen molar-refractivity contribution in [3.63, 3.8) is 0 Å². The van der Waals surface area contributed by atoms with Crippen molar-refractivity contribution in [1.29, 1.82) is 0 Å². The monoisotopic (exact) mass is 423 g/mol. The lowest BCUT2D eigenvalue weighted by Crippen LogP contribution is -2.54. The molecular weight excluding hydrogens is 386 g/mol. The first-order valence-electron chi connectivity index (χ1n) is 12.4. The predicted octanol–water partition coefficient (Wildman–Crippen LogP) is 3.97. The summed E-state index contributed by atoms with van der Waals surface area (Å²) in [5, 5.41) is 3.02.